The fourth-order valence-corrected chi connectivity index (χ4v) is 7.87. The van der Waals surface area contributed by atoms with Crippen molar-refractivity contribution < 1.29 is 9.13 Å². The van der Waals surface area contributed by atoms with E-state index < -0.39 is 5.66 Å². The molecule has 0 fully saturated rings. The number of allylic oxidation sites excluding steroid dienone is 2. The molecule has 2 aliphatic heterocycles. The van der Waals surface area contributed by atoms with E-state index >= 15 is 0 Å². The molecular weight excluding hydrogens is 436 g/mol. The van der Waals surface area contributed by atoms with Crippen LogP contribution in [0, 0.1) is 6.92 Å². The minimum absolute atomic E-state index is 0.396. The van der Waals surface area contributed by atoms with Gasteiger partial charge in [0, 0.05) is 23.8 Å². The smallest absolute Gasteiger partial charge is 0.126 e. The predicted molar refractivity (Wildman–Crippen MR) is 144 cm³/mol. The van der Waals surface area contributed by atoms with Crippen molar-refractivity contribution in [3.05, 3.63) is 112 Å². The van der Waals surface area contributed by atoms with Crippen molar-refractivity contribution in [2.24, 2.45) is 0 Å². The first kappa shape index (κ1) is 20.7. The summed E-state index contributed by atoms with van der Waals surface area (Å²) in [6.07, 6.45) is 11.1. The van der Waals surface area contributed by atoms with Crippen LogP contribution in [-0.2, 0) is 12.1 Å². The molecule has 0 bridgehead atoms. The van der Waals surface area contributed by atoms with Crippen molar-refractivity contribution in [3.63, 3.8) is 0 Å². The van der Waals surface area contributed by atoms with Crippen molar-refractivity contribution in [1.82, 2.24) is 0 Å². The largest absolute Gasteiger partial charge is 0.417 e. The third-order valence-electron chi connectivity index (χ3n) is 9.34. The molecule has 36 heavy (non-hydrogen) atoms. The van der Waals surface area contributed by atoms with Crippen LogP contribution in [-0.4, -0.2) is 0 Å². The van der Waals surface area contributed by atoms with Crippen molar-refractivity contribution in [2.75, 3.05) is 0 Å². The standard InChI is InChI=1S/C34H32N2/c1-21(2)28-20-36-32(18-22(28)3)33-27-19-23-10-4-5-11-24(23)25(27)15-16-30(33)34(36)29-13-7-6-12-26(29)31-14-8-9-17-35(31)34/h6-9,12-18,20-21H,4-5,10-11,19H2,1-3H3/q+2. The first-order chi connectivity index (χ1) is 17.6. The first-order valence-electron chi connectivity index (χ1n) is 13.7. The summed E-state index contributed by atoms with van der Waals surface area (Å²) in [5, 5.41) is 0. The molecule has 8 rings (SSSR count). The zero-order chi connectivity index (χ0) is 24.2. The van der Waals surface area contributed by atoms with E-state index in [0.717, 1.165) is 6.42 Å². The maximum absolute atomic E-state index is 2.63. The highest BCUT2D eigenvalue weighted by Crippen LogP contribution is 2.52. The molecule has 1 spiro atoms. The van der Waals surface area contributed by atoms with Crippen LogP contribution in [0.25, 0.3) is 28.1 Å². The van der Waals surface area contributed by atoms with Gasteiger partial charge in [-0.2, -0.15) is 0 Å². The van der Waals surface area contributed by atoms with Crippen molar-refractivity contribution in [2.45, 2.75) is 64.5 Å². The van der Waals surface area contributed by atoms with Gasteiger partial charge in [-0.05, 0) is 91.5 Å². The summed E-state index contributed by atoms with van der Waals surface area (Å²) in [5.41, 5.74) is 17.2. The zero-order valence-corrected chi connectivity index (χ0v) is 21.4. The Hall–Kier alpha value is -3.52. The molecule has 4 heterocycles. The minimum Gasteiger partial charge on any atom is -0.126 e. The molecule has 2 nitrogen and oxygen atoms in total. The number of aromatic nitrogens is 2. The molecule has 0 saturated carbocycles. The second-order valence-corrected chi connectivity index (χ2v) is 11.5. The van der Waals surface area contributed by atoms with Gasteiger partial charge in [0.1, 0.15) is 11.1 Å². The Labute approximate surface area is 213 Å². The fourth-order valence-electron chi connectivity index (χ4n) is 7.87. The molecule has 2 heteroatoms. The van der Waals surface area contributed by atoms with Crippen LogP contribution in [0.2, 0.25) is 0 Å². The lowest BCUT2D eigenvalue weighted by molar-refractivity contribution is -0.955. The number of nitrogens with zero attached hydrogens (tertiary/aromatic N) is 2. The Balaban J connectivity index is 1.53. The average Bonchev–Trinajstić information content (AvgIpc) is 3.51. The zero-order valence-electron chi connectivity index (χ0n) is 21.4. The molecule has 1 unspecified atom stereocenters. The van der Waals surface area contributed by atoms with Crippen LogP contribution in [0.5, 0.6) is 0 Å². The lowest BCUT2D eigenvalue weighted by Gasteiger charge is -2.19. The average molecular weight is 469 g/mol. The highest BCUT2D eigenvalue weighted by Gasteiger charge is 2.67. The molecule has 4 aliphatic rings. The summed E-state index contributed by atoms with van der Waals surface area (Å²) in [7, 11) is 0. The lowest BCUT2D eigenvalue weighted by atomic mass is 9.86. The van der Waals surface area contributed by atoms with Gasteiger partial charge >= 0.3 is 5.66 Å². The van der Waals surface area contributed by atoms with Crippen molar-refractivity contribution in [3.8, 4) is 22.5 Å². The van der Waals surface area contributed by atoms with E-state index in [2.05, 4.69) is 103 Å². The maximum Gasteiger partial charge on any atom is 0.417 e. The van der Waals surface area contributed by atoms with Gasteiger partial charge in [0.25, 0.3) is 0 Å². The molecular formula is C34H32N2+2. The number of benzene rings is 2. The second-order valence-electron chi connectivity index (χ2n) is 11.5. The molecule has 0 radical (unpaired) electrons. The summed E-state index contributed by atoms with van der Waals surface area (Å²) in [6.45, 7) is 6.95. The van der Waals surface area contributed by atoms with Gasteiger partial charge in [0.2, 0.25) is 11.4 Å². The first-order valence-corrected chi connectivity index (χ1v) is 13.7. The van der Waals surface area contributed by atoms with E-state index in [0.29, 0.717) is 5.92 Å². The topological polar surface area (TPSA) is 7.76 Å². The van der Waals surface area contributed by atoms with Gasteiger partial charge in [0.05, 0.1) is 11.1 Å². The highest BCUT2D eigenvalue weighted by molar-refractivity contribution is 5.86. The van der Waals surface area contributed by atoms with Gasteiger partial charge in [0.15, 0.2) is 12.4 Å². The van der Waals surface area contributed by atoms with Crippen LogP contribution in [0.3, 0.4) is 0 Å². The predicted octanol–water partition coefficient (Wildman–Crippen LogP) is 6.84. The summed E-state index contributed by atoms with van der Waals surface area (Å²) >= 11 is 0. The number of fused-ring (bicyclic) bond motifs is 13. The summed E-state index contributed by atoms with van der Waals surface area (Å²) in [5.74, 6) is 0.472. The molecule has 176 valence electrons. The monoisotopic (exact) mass is 468 g/mol. The molecule has 2 aromatic carbocycles. The fraction of sp³-hybridized carbons (Fsp3) is 0.294. The Kier molecular flexibility index (Phi) is 4.03. The van der Waals surface area contributed by atoms with E-state index in [1.54, 1.807) is 16.7 Å². The third kappa shape index (κ3) is 2.34. The van der Waals surface area contributed by atoms with Gasteiger partial charge in [-0.25, -0.2) is 0 Å². The maximum atomic E-state index is 2.63. The normalized spacial score (nSPS) is 20.3. The van der Waals surface area contributed by atoms with E-state index in [9.17, 15) is 0 Å². The van der Waals surface area contributed by atoms with Crippen LogP contribution < -0.4 is 9.13 Å². The number of hydrogen-bond acceptors (Lipinski definition) is 0. The van der Waals surface area contributed by atoms with Gasteiger partial charge in [-0.3, -0.25) is 0 Å². The van der Waals surface area contributed by atoms with Crippen molar-refractivity contribution in [1.29, 1.82) is 0 Å². The molecule has 1 atom stereocenters. The summed E-state index contributed by atoms with van der Waals surface area (Å²) in [6, 6.07) is 23.2. The van der Waals surface area contributed by atoms with Crippen molar-refractivity contribution >= 4 is 5.57 Å². The van der Waals surface area contributed by atoms with E-state index in [4.69, 9.17) is 0 Å². The Morgan fingerprint density at radius 1 is 0.806 bits per heavy atom. The van der Waals surface area contributed by atoms with E-state index in [-0.39, 0.29) is 0 Å². The number of pyridine rings is 2. The second kappa shape index (κ2) is 7.03. The summed E-state index contributed by atoms with van der Waals surface area (Å²) in [4.78, 5) is 0. The highest BCUT2D eigenvalue weighted by atomic mass is 15.3. The number of aryl methyl sites for hydroxylation is 1. The minimum atomic E-state index is -0.396. The molecule has 4 aromatic rings. The molecule has 2 aliphatic carbocycles. The van der Waals surface area contributed by atoms with Gasteiger partial charge in [-0.1, -0.05) is 37.6 Å². The Bertz CT molecular complexity index is 1610. The van der Waals surface area contributed by atoms with Crippen LogP contribution in [0.4, 0.5) is 0 Å². The molecule has 0 saturated heterocycles. The SMILES string of the molecule is Cc1cc2[n+](cc1C(C)C)C1(c3ccccc3-c3cccc[n+]31)c1ccc3c(c1-2)CC1=C3CCCC1. The number of hydrogen-bond donors (Lipinski definition) is 0. The third-order valence-corrected chi connectivity index (χ3v) is 9.34. The lowest BCUT2D eigenvalue weighted by Crippen LogP contribution is -2.71. The van der Waals surface area contributed by atoms with Gasteiger partial charge < -0.3 is 0 Å². The number of rotatable bonds is 1. The van der Waals surface area contributed by atoms with Crippen LogP contribution in [0.1, 0.15) is 78.8 Å². The van der Waals surface area contributed by atoms with Crippen LogP contribution >= 0.6 is 0 Å². The quantitative estimate of drug-likeness (QED) is 0.234. The van der Waals surface area contributed by atoms with Gasteiger partial charge in [-0.15, -0.1) is 9.13 Å². The summed E-state index contributed by atoms with van der Waals surface area (Å²) < 4.78 is 5.17. The van der Waals surface area contributed by atoms with E-state index in [1.807, 2.05) is 0 Å². The Morgan fingerprint density at radius 3 is 2.53 bits per heavy atom. The molecule has 2 aromatic heterocycles. The Morgan fingerprint density at radius 2 is 1.64 bits per heavy atom. The molecule has 0 amide bonds. The molecule has 0 N–H and O–H groups in total. The van der Waals surface area contributed by atoms with E-state index in [1.165, 1.54) is 76.0 Å². The van der Waals surface area contributed by atoms with Crippen LogP contribution in [0.15, 0.2) is 78.6 Å².